The maximum absolute atomic E-state index is 12.7. The summed E-state index contributed by atoms with van der Waals surface area (Å²) in [4.78, 5) is 12.7. The van der Waals surface area contributed by atoms with Crippen molar-refractivity contribution in [2.45, 2.75) is 87.6 Å². The third-order valence-electron chi connectivity index (χ3n) is 7.89. The number of ether oxygens (including phenoxy) is 6. The zero-order valence-electron chi connectivity index (χ0n) is 23.1. The minimum absolute atomic E-state index is 0.251. The van der Waals surface area contributed by atoms with Crippen LogP contribution in [0.3, 0.4) is 0 Å². The van der Waals surface area contributed by atoms with E-state index < -0.39 is 73.6 Å². The minimum atomic E-state index is -1.91. The van der Waals surface area contributed by atoms with Crippen molar-refractivity contribution < 1.29 is 63.5 Å². The van der Waals surface area contributed by atoms with Gasteiger partial charge in [0.15, 0.2) is 18.0 Å². The Bertz CT molecular complexity index is 1330. The summed E-state index contributed by atoms with van der Waals surface area (Å²) in [6.07, 6.45) is -10.8. The fourth-order valence-electron chi connectivity index (χ4n) is 5.37. The molecule has 9 atom stereocenters. The highest BCUT2D eigenvalue weighted by molar-refractivity contribution is 5.87. The summed E-state index contributed by atoms with van der Waals surface area (Å²) in [5, 5.41) is 61.6. The molecule has 6 N–H and O–H groups in total. The molecule has 1 unspecified atom stereocenters. The molecule has 0 bridgehead atoms. The van der Waals surface area contributed by atoms with E-state index in [0.29, 0.717) is 33.8 Å². The van der Waals surface area contributed by atoms with Crippen molar-refractivity contribution >= 4 is 11.0 Å². The molecule has 3 aliphatic heterocycles. The molecule has 2 fully saturated rings. The number of hydrogen-bond acceptors (Lipinski definition) is 14. The molecule has 228 valence electrons. The molecule has 2 saturated heterocycles. The summed E-state index contributed by atoms with van der Waals surface area (Å²) >= 11 is 0. The van der Waals surface area contributed by atoms with Gasteiger partial charge < -0.3 is 63.5 Å². The summed E-state index contributed by atoms with van der Waals surface area (Å²) in [6, 6.07) is 3.00. The fraction of sp³-hybridized carbons (Fsp3) is 0.667. The highest BCUT2D eigenvalue weighted by Gasteiger charge is 2.51. The number of aliphatic hydroxyl groups is 6. The first-order valence-corrected chi connectivity index (χ1v) is 13.2. The average molecular weight is 585 g/mol. The first-order valence-electron chi connectivity index (χ1n) is 13.2. The normalized spacial score (nSPS) is 35.5. The van der Waals surface area contributed by atoms with E-state index in [1.54, 1.807) is 26.8 Å². The predicted molar refractivity (Wildman–Crippen MR) is 137 cm³/mol. The van der Waals surface area contributed by atoms with Gasteiger partial charge in [0.25, 0.3) is 0 Å². The van der Waals surface area contributed by atoms with Crippen LogP contribution >= 0.6 is 0 Å². The molecular formula is C27H36O14. The van der Waals surface area contributed by atoms with Gasteiger partial charge in [-0.05, 0) is 20.8 Å². The van der Waals surface area contributed by atoms with Gasteiger partial charge in [-0.25, -0.2) is 0 Å². The zero-order valence-corrected chi connectivity index (χ0v) is 23.1. The van der Waals surface area contributed by atoms with Crippen LogP contribution in [0.15, 0.2) is 21.3 Å². The smallest absolute Gasteiger partial charge is 0.196 e. The van der Waals surface area contributed by atoms with E-state index in [9.17, 15) is 35.4 Å². The number of methoxy groups -OCH3 is 1. The van der Waals surface area contributed by atoms with E-state index >= 15 is 0 Å². The van der Waals surface area contributed by atoms with E-state index in [-0.39, 0.29) is 18.5 Å². The number of aliphatic hydroxyl groups excluding tert-OH is 5. The molecule has 41 heavy (non-hydrogen) atoms. The van der Waals surface area contributed by atoms with E-state index in [4.69, 9.17) is 32.8 Å². The fourth-order valence-corrected chi connectivity index (χ4v) is 5.37. The van der Waals surface area contributed by atoms with Crippen molar-refractivity contribution in [3.63, 3.8) is 0 Å². The van der Waals surface area contributed by atoms with Crippen molar-refractivity contribution in [3.05, 3.63) is 33.7 Å². The van der Waals surface area contributed by atoms with Gasteiger partial charge in [0.1, 0.15) is 76.1 Å². The van der Waals surface area contributed by atoms with Gasteiger partial charge in [-0.2, -0.15) is 0 Å². The molecule has 0 amide bonds. The van der Waals surface area contributed by atoms with Gasteiger partial charge in [0, 0.05) is 24.1 Å². The Kier molecular flexibility index (Phi) is 8.10. The number of benzene rings is 1. The maximum atomic E-state index is 12.7. The molecule has 14 nitrogen and oxygen atoms in total. The van der Waals surface area contributed by atoms with Crippen LogP contribution in [0.4, 0.5) is 0 Å². The minimum Gasteiger partial charge on any atom is -0.495 e. The summed E-state index contributed by atoms with van der Waals surface area (Å²) in [7, 11) is 1.45. The average Bonchev–Trinajstić information content (AvgIpc) is 3.48. The summed E-state index contributed by atoms with van der Waals surface area (Å²) in [6.45, 7) is 3.51. The lowest BCUT2D eigenvalue weighted by Crippen LogP contribution is -2.61. The first kappa shape index (κ1) is 30.1. The molecule has 3 aliphatic rings. The van der Waals surface area contributed by atoms with Crippen molar-refractivity contribution in [1.29, 1.82) is 0 Å². The van der Waals surface area contributed by atoms with Crippen molar-refractivity contribution in [3.8, 4) is 11.5 Å². The molecule has 1 aromatic carbocycles. The Labute approximate surface area is 234 Å². The van der Waals surface area contributed by atoms with Gasteiger partial charge in [-0.1, -0.05) is 0 Å². The lowest BCUT2D eigenvalue weighted by atomic mass is 9.94. The van der Waals surface area contributed by atoms with Crippen LogP contribution in [0.25, 0.3) is 11.0 Å². The molecule has 0 radical (unpaired) electrons. The lowest BCUT2D eigenvalue weighted by molar-refractivity contribution is -0.335. The number of rotatable bonds is 8. The molecule has 0 saturated carbocycles. The second-order valence-corrected chi connectivity index (χ2v) is 11.2. The quantitative estimate of drug-likeness (QED) is 0.208. The highest BCUT2D eigenvalue weighted by Crippen LogP contribution is 2.44. The molecular weight excluding hydrogens is 548 g/mol. The van der Waals surface area contributed by atoms with Gasteiger partial charge in [-0.15, -0.1) is 0 Å². The van der Waals surface area contributed by atoms with Gasteiger partial charge in [0.2, 0.25) is 0 Å². The molecule has 1 aromatic heterocycles. The Morgan fingerprint density at radius 1 is 1.10 bits per heavy atom. The van der Waals surface area contributed by atoms with Gasteiger partial charge in [-0.3, -0.25) is 4.79 Å². The molecule has 0 aliphatic carbocycles. The summed E-state index contributed by atoms with van der Waals surface area (Å²) in [5.41, 5.74) is -2.35. The Morgan fingerprint density at radius 2 is 1.83 bits per heavy atom. The van der Waals surface area contributed by atoms with Crippen molar-refractivity contribution in [2.75, 3.05) is 26.9 Å². The molecule has 2 aromatic rings. The first-order chi connectivity index (χ1) is 19.3. The Morgan fingerprint density at radius 3 is 2.49 bits per heavy atom. The number of hydrogen-bond donors (Lipinski definition) is 6. The van der Waals surface area contributed by atoms with E-state index in [2.05, 4.69) is 0 Å². The SMILES string of the molecule is COc1c2c(cc3oc(C)cc(=O)c13)O[C@H](C(C)(C)OC1O[C@H](CO[C@H]3OC[C@](O)(CO)[C@H]3O)[C@@H](O)[C@H](O)[C@H]1O)C2. The highest BCUT2D eigenvalue weighted by atomic mass is 16.7. The second kappa shape index (κ2) is 11.0. The monoisotopic (exact) mass is 584 g/mol. The number of aryl methyl sites for hydroxylation is 1. The van der Waals surface area contributed by atoms with Crippen molar-refractivity contribution in [1.82, 2.24) is 0 Å². The molecule has 14 heteroatoms. The Hall–Kier alpha value is -2.37. The largest absolute Gasteiger partial charge is 0.495 e. The Balaban J connectivity index is 1.30. The third-order valence-corrected chi connectivity index (χ3v) is 7.89. The molecule has 5 rings (SSSR count). The standard InChI is InChI=1S/C27H36O14/c1-11-5-13(29)18-15(38-11)7-14-12(22(18)35-4)6-17(39-14)26(2,3)41-24-21(32)20(31)19(30)16(40-24)8-36-25-23(33)27(34,9-28)10-37-25/h5,7,16-17,19-21,23-25,28,30-34H,6,8-10H2,1-4H3/t16-,17+,19-,20+,21-,23+,24?,25+,27-/m1/s1. The predicted octanol–water partition coefficient (Wildman–Crippen LogP) is -1.53. The van der Waals surface area contributed by atoms with Crippen LogP contribution in [0.2, 0.25) is 0 Å². The van der Waals surface area contributed by atoms with Crippen LogP contribution in [0.1, 0.15) is 25.2 Å². The lowest BCUT2D eigenvalue weighted by Gasteiger charge is -2.44. The van der Waals surface area contributed by atoms with Gasteiger partial charge in [0.05, 0.1) is 26.9 Å². The number of fused-ring (bicyclic) bond motifs is 2. The summed E-state index contributed by atoms with van der Waals surface area (Å²) in [5.74, 6) is 1.21. The third kappa shape index (κ3) is 5.33. The van der Waals surface area contributed by atoms with E-state index in [1.165, 1.54) is 13.2 Å². The van der Waals surface area contributed by atoms with Crippen LogP contribution in [0, 0.1) is 6.92 Å². The van der Waals surface area contributed by atoms with Crippen LogP contribution in [-0.2, 0) is 25.4 Å². The molecule has 0 spiro atoms. The summed E-state index contributed by atoms with van der Waals surface area (Å²) < 4.78 is 40.0. The van der Waals surface area contributed by atoms with E-state index in [0.717, 1.165) is 0 Å². The van der Waals surface area contributed by atoms with Crippen LogP contribution < -0.4 is 14.9 Å². The van der Waals surface area contributed by atoms with Crippen LogP contribution in [-0.4, -0.2) is 118 Å². The van der Waals surface area contributed by atoms with Crippen LogP contribution in [0.5, 0.6) is 11.5 Å². The van der Waals surface area contributed by atoms with Gasteiger partial charge >= 0.3 is 0 Å². The topological polar surface area (TPSA) is 207 Å². The zero-order chi connectivity index (χ0) is 29.9. The maximum Gasteiger partial charge on any atom is 0.196 e. The second-order valence-electron chi connectivity index (χ2n) is 11.2. The molecule has 4 heterocycles. The van der Waals surface area contributed by atoms with Crippen molar-refractivity contribution in [2.24, 2.45) is 0 Å². The van der Waals surface area contributed by atoms with E-state index in [1.807, 2.05) is 0 Å².